The van der Waals surface area contributed by atoms with Gasteiger partial charge in [-0.05, 0) is 34.5 Å². The van der Waals surface area contributed by atoms with Crippen LogP contribution in [0.5, 0.6) is 0 Å². The zero-order valence-electron chi connectivity index (χ0n) is 8.47. The second-order valence-electron chi connectivity index (χ2n) is 3.31. The van der Waals surface area contributed by atoms with Gasteiger partial charge in [-0.3, -0.25) is 0 Å². The Kier molecular flexibility index (Phi) is 4.29. The fourth-order valence-corrected chi connectivity index (χ4v) is 3.21. The third kappa shape index (κ3) is 3.01. The summed E-state index contributed by atoms with van der Waals surface area (Å²) in [4.78, 5) is 1.01. The van der Waals surface area contributed by atoms with Crippen molar-refractivity contribution in [1.82, 2.24) is 0 Å². The van der Waals surface area contributed by atoms with Crippen LogP contribution in [0.15, 0.2) is 46.0 Å². The van der Waals surface area contributed by atoms with Crippen molar-refractivity contribution in [1.29, 1.82) is 0 Å². The van der Waals surface area contributed by atoms with Crippen LogP contribution in [0, 0.1) is 0 Å². The summed E-state index contributed by atoms with van der Waals surface area (Å²) in [5, 5.41) is 14.6. The number of aliphatic hydroxyl groups is 1. The van der Waals surface area contributed by atoms with E-state index >= 15 is 0 Å². The maximum Gasteiger partial charge on any atom is 0.0891 e. The molecule has 2 aromatic rings. The van der Waals surface area contributed by atoms with Gasteiger partial charge in [0.1, 0.15) is 0 Å². The van der Waals surface area contributed by atoms with Crippen molar-refractivity contribution >= 4 is 34.7 Å². The molecule has 1 heterocycles. The fraction of sp³-hybridized carbons (Fsp3) is 0.167. The topological polar surface area (TPSA) is 20.2 Å². The molecule has 84 valence electrons. The number of thioether (sulfide) groups is 1. The Morgan fingerprint density at radius 2 is 2.12 bits per heavy atom. The Labute approximate surface area is 108 Å². The van der Waals surface area contributed by atoms with Gasteiger partial charge >= 0.3 is 0 Å². The Morgan fingerprint density at radius 3 is 2.81 bits per heavy atom. The van der Waals surface area contributed by atoms with E-state index in [1.165, 1.54) is 0 Å². The Balaban J connectivity index is 1.95. The lowest BCUT2D eigenvalue weighted by atomic mass is 10.2. The van der Waals surface area contributed by atoms with Gasteiger partial charge in [-0.15, -0.1) is 11.8 Å². The minimum Gasteiger partial charge on any atom is -0.388 e. The van der Waals surface area contributed by atoms with E-state index in [-0.39, 0.29) is 0 Å². The van der Waals surface area contributed by atoms with Crippen molar-refractivity contribution < 1.29 is 5.11 Å². The Morgan fingerprint density at radius 1 is 1.31 bits per heavy atom. The van der Waals surface area contributed by atoms with E-state index in [2.05, 4.69) is 0 Å². The lowest BCUT2D eigenvalue weighted by Crippen LogP contribution is -1.98. The molecule has 16 heavy (non-hydrogen) atoms. The van der Waals surface area contributed by atoms with Crippen molar-refractivity contribution in [2.45, 2.75) is 11.0 Å². The second-order valence-corrected chi connectivity index (χ2v) is 5.56. The second kappa shape index (κ2) is 5.73. The number of benzene rings is 1. The number of halogens is 1. The smallest absolute Gasteiger partial charge is 0.0891 e. The number of aliphatic hydroxyl groups excluding tert-OH is 1. The van der Waals surface area contributed by atoms with Crippen molar-refractivity contribution in [3.8, 4) is 0 Å². The molecule has 0 saturated carbocycles. The first-order chi connectivity index (χ1) is 7.77. The zero-order chi connectivity index (χ0) is 11.4. The SMILES string of the molecule is OC(CSc1ccccc1Cl)c1ccsc1. The lowest BCUT2D eigenvalue weighted by molar-refractivity contribution is 0.204. The van der Waals surface area contributed by atoms with Crippen molar-refractivity contribution in [2.24, 2.45) is 0 Å². The van der Waals surface area contributed by atoms with Gasteiger partial charge in [-0.1, -0.05) is 23.7 Å². The monoisotopic (exact) mass is 270 g/mol. The van der Waals surface area contributed by atoms with Crippen LogP contribution in [0.2, 0.25) is 5.02 Å². The molecular weight excluding hydrogens is 260 g/mol. The molecule has 0 radical (unpaired) electrons. The minimum absolute atomic E-state index is 0.424. The molecule has 1 nitrogen and oxygen atoms in total. The standard InChI is InChI=1S/C12H11ClOS2/c13-10-3-1-2-4-12(10)16-8-11(14)9-5-6-15-7-9/h1-7,11,14H,8H2. The van der Waals surface area contributed by atoms with Gasteiger partial charge in [0.25, 0.3) is 0 Å². The first-order valence-corrected chi connectivity index (χ1v) is 7.15. The van der Waals surface area contributed by atoms with E-state index in [9.17, 15) is 5.11 Å². The van der Waals surface area contributed by atoms with Crippen LogP contribution in [0.25, 0.3) is 0 Å². The van der Waals surface area contributed by atoms with E-state index in [4.69, 9.17) is 11.6 Å². The molecule has 0 amide bonds. The van der Waals surface area contributed by atoms with Gasteiger partial charge in [-0.25, -0.2) is 0 Å². The van der Waals surface area contributed by atoms with Crippen LogP contribution in [-0.2, 0) is 0 Å². The third-order valence-electron chi connectivity index (χ3n) is 2.16. The highest BCUT2D eigenvalue weighted by molar-refractivity contribution is 7.99. The van der Waals surface area contributed by atoms with Gasteiger partial charge in [-0.2, -0.15) is 11.3 Å². The number of hydrogen-bond acceptors (Lipinski definition) is 3. The average Bonchev–Trinajstić information content (AvgIpc) is 2.81. The molecule has 0 spiro atoms. The van der Waals surface area contributed by atoms with Crippen molar-refractivity contribution in [2.75, 3.05) is 5.75 Å². The molecule has 1 atom stereocenters. The highest BCUT2D eigenvalue weighted by Crippen LogP contribution is 2.30. The van der Waals surface area contributed by atoms with Gasteiger partial charge < -0.3 is 5.11 Å². The number of thiophene rings is 1. The van der Waals surface area contributed by atoms with Gasteiger partial charge in [0.2, 0.25) is 0 Å². The predicted octanol–water partition coefficient (Wildman–Crippen LogP) is 4.23. The summed E-state index contributed by atoms with van der Waals surface area (Å²) in [6.45, 7) is 0. The van der Waals surface area contributed by atoms with Crippen LogP contribution in [0.1, 0.15) is 11.7 Å². The maximum absolute atomic E-state index is 9.90. The molecule has 4 heteroatoms. The van der Waals surface area contributed by atoms with Gasteiger partial charge in [0, 0.05) is 10.6 Å². The molecule has 1 unspecified atom stereocenters. The summed E-state index contributed by atoms with van der Waals surface area (Å²) >= 11 is 9.21. The zero-order valence-corrected chi connectivity index (χ0v) is 10.9. The molecule has 2 rings (SSSR count). The Bertz CT molecular complexity index is 442. The average molecular weight is 271 g/mol. The summed E-state index contributed by atoms with van der Waals surface area (Å²) in [5.41, 5.74) is 0.976. The first kappa shape index (κ1) is 12.0. The molecule has 1 aromatic heterocycles. The predicted molar refractivity (Wildman–Crippen MR) is 71.5 cm³/mol. The summed E-state index contributed by atoms with van der Waals surface area (Å²) < 4.78 is 0. The molecule has 0 fully saturated rings. The van der Waals surface area contributed by atoms with E-state index in [0.717, 1.165) is 15.5 Å². The lowest BCUT2D eigenvalue weighted by Gasteiger charge is -2.09. The van der Waals surface area contributed by atoms with Crippen LogP contribution >= 0.6 is 34.7 Å². The summed E-state index contributed by atoms with van der Waals surface area (Å²) in [7, 11) is 0. The Hall–Kier alpha value is -0.480. The van der Waals surface area contributed by atoms with Crippen LogP contribution in [0.3, 0.4) is 0 Å². The molecule has 0 aliphatic rings. The molecule has 0 saturated heterocycles. The minimum atomic E-state index is -0.424. The number of rotatable bonds is 4. The largest absolute Gasteiger partial charge is 0.388 e. The number of hydrogen-bond donors (Lipinski definition) is 1. The van der Waals surface area contributed by atoms with Gasteiger partial charge in [0.05, 0.1) is 11.1 Å². The first-order valence-electron chi connectivity index (χ1n) is 4.85. The maximum atomic E-state index is 9.90. The van der Waals surface area contributed by atoms with E-state index in [0.29, 0.717) is 5.75 Å². The fourth-order valence-electron chi connectivity index (χ4n) is 1.29. The molecule has 1 N–H and O–H groups in total. The quantitative estimate of drug-likeness (QED) is 0.839. The van der Waals surface area contributed by atoms with Crippen molar-refractivity contribution in [3.63, 3.8) is 0 Å². The molecule has 0 aliphatic carbocycles. The van der Waals surface area contributed by atoms with E-state index < -0.39 is 6.10 Å². The highest BCUT2D eigenvalue weighted by atomic mass is 35.5. The van der Waals surface area contributed by atoms with Crippen LogP contribution < -0.4 is 0 Å². The summed E-state index contributed by atoms with van der Waals surface area (Å²) in [5.74, 6) is 0.625. The third-order valence-corrected chi connectivity index (χ3v) is 4.45. The van der Waals surface area contributed by atoms with Crippen LogP contribution in [0.4, 0.5) is 0 Å². The highest BCUT2D eigenvalue weighted by Gasteiger charge is 2.09. The molecule has 0 aliphatic heterocycles. The van der Waals surface area contributed by atoms with Crippen LogP contribution in [-0.4, -0.2) is 10.9 Å². The van der Waals surface area contributed by atoms with Crippen molar-refractivity contribution in [3.05, 3.63) is 51.7 Å². The molecule has 1 aromatic carbocycles. The normalized spacial score (nSPS) is 12.6. The van der Waals surface area contributed by atoms with Gasteiger partial charge in [0.15, 0.2) is 0 Å². The van der Waals surface area contributed by atoms with E-state index in [1.54, 1.807) is 23.1 Å². The molecular formula is C12H11ClOS2. The van der Waals surface area contributed by atoms with E-state index in [1.807, 2.05) is 41.1 Å². The summed E-state index contributed by atoms with van der Waals surface area (Å²) in [6, 6.07) is 9.63. The molecule has 0 bridgehead atoms. The summed E-state index contributed by atoms with van der Waals surface area (Å²) in [6.07, 6.45) is -0.424.